The van der Waals surface area contributed by atoms with E-state index < -0.39 is 17.5 Å². The highest BCUT2D eigenvalue weighted by atomic mass is 19.2. The Labute approximate surface area is 102 Å². The van der Waals surface area contributed by atoms with Crippen molar-refractivity contribution in [1.82, 2.24) is 15.3 Å². The van der Waals surface area contributed by atoms with Crippen molar-refractivity contribution in [3.8, 4) is 0 Å². The van der Waals surface area contributed by atoms with Gasteiger partial charge in [0.2, 0.25) is 0 Å². The van der Waals surface area contributed by atoms with Gasteiger partial charge in [-0.15, -0.1) is 0 Å². The molecule has 1 heterocycles. The molecule has 2 rings (SSSR count). The summed E-state index contributed by atoms with van der Waals surface area (Å²) in [6.45, 7) is 0.480. The fourth-order valence-corrected chi connectivity index (χ4v) is 1.45. The minimum Gasteiger partial charge on any atom is -0.307 e. The van der Waals surface area contributed by atoms with Crippen LogP contribution in [-0.4, -0.2) is 9.97 Å². The SMILES string of the molecule is Fc1cc(F)c(CNCc2ccncn2)cc1F. The van der Waals surface area contributed by atoms with Crippen LogP contribution in [-0.2, 0) is 13.1 Å². The fraction of sp³-hybridized carbons (Fsp3) is 0.167. The van der Waals surface area contributed by atoms with Crippen LogP contribution in [0.5, 0.6) is 0 Å². The summed E-state index contributed by atoms with van der Waals surface area (Å²) in [7, 11) is 0. The van der Waals surface area contributed by atoms with Gasteiger partial charge in [-0.25, -0.2) is 23.1 Å². The van der Waals surface area contributed by atoms with Crippen LogP contribution < -0.4 is 5.32 Å². The highest BCUT2D eigenvalue weighted by Gasteiger charge is 2.09. The molecule has 1 aromatic carbocycles. The highest BCUT2D eigenvalue weighted by Crippen LogP contribution is 2.13. The maximum Gasteiger partial charge on any atom is 0.161 e. The Morgan fingerprint density at radius 3 is 2.50 bits per heavy atom. The summed E-state index contributed by atoms with van der Waals surface area (Å²) < 4.78 is 38.9. The number of hydrogen-bond donors (Lipinski definition) is 1. The van der Waals surface area contributed by atoms with Gasteiger partial charge in [0, 0.05) is 30.9 Å². The van der Waals surface area contributed by atoms with E-state index in [2.05, 4.69) is 15.3 Å². The summed E-state index contributed by atoms with van der Waals surface area (Å²) in [6.07, 6.45) is 2.98. The maximum absolute atomic E-state index is 13.3. The Morgan fingerprint density at radius 1 is 1.00 bits per heavy atom. The topological polar surface area (TPSA) is 37.8 Å². The van der Waals surface area contributed by atoms with Gasteiger partial charge in [0.05, 0.1) is 5.69 Å². The second-order valence-electron chi connectivity index (χ2n) is 3.66. The quantitative estimate of drug-likeness (QED) is 0.849. The van der Waals surface area contributed by atoms with Gasteiger partial charge in [-0.3, -0.25) is 0 Å². The molecule has 94 valence electrons. The lowest BCUT2D eigenvalue weighted by atomic mass is 10.2. The molecule has 0 bridgehead atoms. The molecule has 0 fully saturated rings. The van der Waals surface area contributed by atoms with E-state index in [4.69, 9.17) is 0 Å². The molecule has 0 amide bonds. The Kier molecular flexibility index (Phi) is 3.88. The van der Waals surface area contributed by atoms with Gasteiger partial charge in [0.1, 0.15) is 12.1 Å². The third-order valence-corrected chi connectivity index (χ3v) is 2.35. The van der Waals surface area contributed by atoms with Crippen molar-refractivity contribution in [2.75, 3.05) is 0 Å². The van der Waals surface area contributed by atoms with E-state index in [1.807, 2.05) is 0 Å². The van der Waals surface area contributed by atoms with Gasteiger partial charge in [0.25, 0.3) is 0 Å². The molecule has 0 aliphatic heterocycles. The van der Waals surface area contributed by atoms with E-state index in [-0.39, 0.29) is 12.1 Å². The molecule has 0 atom stereocenters. The molecule has 0 aliphatic carbocycles. The number of nitrogens with one attached hydrogen (secondary N) is 1. The first kappa shape index (κ1) is 12.5. The summed E-state index contributed by atoms with van der Waals surface area (Å²) >= 11 is 0. The summed E-state index contributed by atoms with van der Waals surface area (Å²) in [6, 6.07) is 3.09. The first-order chi connectivity index (χ1) is 8.66. The largest absolute Gasteiger partial charge is 0.307 e. The molecule has 0 saturated carbocycles. The van der Waals surface area contributed by atoms with E-state index >= 15 is 0 Å². The van der Waals surface area contributed by atoms with Crippen LogP contribution in [0, 0.1) is 17.5 Å². The van der Waals surface area contributed by atoms with Crippen molar-refractivity contribution in [1.29, 1.82) is 0 Å². The monoisotopic (exact) mass is 253 g/mol. The van der Waals surface area contributed by atoms with Crippen LogP contribution in [0.25, 0.3) is 0 Å². The van der Waals surface area contributed by atoms with Gasteiger partial charge < -0.3 is 5.32 Å². The number of benzene rings is 1. The first-order valence-corrected chi connectivity index (χ1v) is 5.26. The molecule has 18 heavy (non-hydrogen) atoms. The van der Waals surface area contributed by atoms with Crippen LogP contribution in [0.2, 0.25) is 0 Å². The number of rotatable bonds is 4. The Hall–Kier alpha value is -1.95. The first-order valence-electron chi connectivity index (χ1n) is 5.26. The molecule has 3 nitrogen and oxygen atoms in total. The van der Waals surface area contributed by atoms with Crippen LogP contribution >= 0.6 is 0 Å². The second-order valence-corrected chi connectivity index (χ2v) is 3.66. The lowest BCUT2D eigenvalue weighted by Crippen LogP contribution is -2.15. The zero-order chi connectivity index (χ0) is 13.0. The predicted octanol–water partition coefficient (Wildman–Crippen LogP) is 2.18. The average Bonchev–Trinajstić information content (AvgIpc) is 2.37. The van der Waals surface area contributed by atoms with Crippen molar-refractivity contribution in [2.24, 2.45) is 0 Å². The van der Waals surface area contributed by atoms with Gasteiger partial charge in [-0.2, -0.15) is 0 Å². The number of nitrogens with zero attached hydrogens (tertiary/aromatic N) is 2. The lowest BCUT2D eigenvalue weighted by molar-refractivity contribution is 0.486. The highest BCUT2D eigenvalue weighted by molar-refractivity contribution is 5.20. The molecule has 0 aliphatic rings. The third kappa shape index (κ3) is 3.04. The zero-order valence-electron chi connectivity index (χ0n) is 9.33. The third-order valence-electron chi connectivity index (χ3n) is 2.35. The van der Waals surface area contributed by atoms with Crippen LogP contribution in [0.3, 0.4) is 0 Å². The summed E-state index contributed by atoms with van der Waals surface area (Å²) in [5, 5.41) is 2.89. The normalized spacial score (nSPS) is 10.6. The number of hydrogen-bond acceptors (Lipinski definition) is 3. The number of aromatic nitrogens is 2. The molecule has 1 N–H and O–H groups in total. The molecule has 0 unspecified atom stereocenters. The van der Waals surface area contributed by atoms with Gasteiger partial charge in [-0.05, 0) is 12.1 Å². The summed E-state index contributed by atoms with van der Waals surface area (Å²) in [5.74, 6) is -3.02. The molecule has 6 heteroatoms. The van der Waals surface area contributed by atoms with Gasteiger partial charge >= 0.3 is 0 Å². The molecule has 1 aromatic heterocycles. The van der Waals surface area contributed by atoms with Crippen molar-refractivity contribution in [3.63, 3.8) is 0 Å². The van der Waals surface area contributed by atoms with E-state index in [0.717, 1.165) is 11.8 Å². The maximum atomic E-state index is 13.3. The predicted molar refractivity (Wildman–Crippen MR) is 58.9 cm³/mol. The van der Waals surface area contributed by atoms with Gasteiger partial charge in [-0.1, -0.05) is 0 Å². The average molecular weight is 253 g/mol. The summed E-state index contributed by atoms with van der Waals surface area (Å²) in [4.78, 5) is 7.72. The Balaban J connectivity index is 1.97. The van der Waals surface area contributed by atoms with Crippen molar-refractivity contribution in [2.45, 2.75) is 13.1 Å². The van der Waals surface area contributed by atoms with E-state index in [9.17, 15) is 13.2 Å². The minimum absolute atomic E-state index is 0.0722. The molecule has 0 spiro atoms. The van der Waals surface area contributed by atoms with Gasteiger partial charge in [0.15, 0.2) is 11.6 Å². The van der Waals surface area contributed by atoms with Crippen LogP contribution in [0.1, 0.15) is 11.3 Å². The Morgan fingerprint density at radius 2 is 1.78 bits per heavy atom. The molecular weight excluding hydrogens is 243 g/mol. The standard InChI is InChI=1S/C12H10F3N3/c13-10-4-12(15)11(14)3-8(10)5-17-6-9-1-2-16-7-18-9/h1-4,7,17H,5-6H2. The fourth-order valence-electron chi connectivity index (χ4n) is 1.45. The summed E-state index contributed by atoms with van der Waals surface area (Å²) in [5.41, 5.74) is 0.802. The number of halogens is 3. The van der Waals surface area contributed by atoms with Crippen LogP contribution in [0.4, 0.5) is 13.2 Å². The smallest absolute Gasteiger partial charge is 0.161 e. The zero-order valence-corrected chi connectivity index (χ0v) is 9.33. The van der Waals surface area contributed by atoms with Crippen LogP contribution in [0.15, 0.2) is 30.7 Å². The van der Waals surface area contributed by atoms with Crippen molar-refractivity contribution in [3.05, 3.63) is 59.4 Å². The molecule has 2 aromatic rings. The van der Waals surface area contributed by atoms with Crippen molar-refractivity contribution >= 4 is 0 Å². The molecule has 0 saturated heterocycles. The second kappa shape index (κ2) is 5.59. The molecule has 0 radical (unpaired) electrons. The van der Waals surface area contributed by atoms with E-state index in [0.29, 0.717) is 12.6 Å². The van der Waals surface area contributed by atoms with E-state index in [1.165, 1.54) is 6.33 Å². The minimum atomic E-state index is -1.19. The Bertz CT molecular complexity index is 532. The lowest BCUT2D eigenvalue weighted by Gasteiger charge is -2.06. The van der Waals surface area contributed by atoms with Crippen molar-refractivity contribution < 1.29 is 13.2 Å². The molecular formula is C12H10F3N3. The van der Waals surface area contributed by atoms with E-state index in [1.54, 1.807) is 12.3 Å².